The predicted octanol–water partition coefficient (Wildman–Crippen LogP) is 2.85. The minimum absolute atomic E-state index is 0.0830. The van der Waals surface area contributed by atoms with Gasteiger partial charge < -0.3 is 5.32 Å². The van der Waals surface area contributed by atoms with Crippen molar-refractivity contribution in [1.82, 2.24) is 15.7 Å². The number of nitrogens with zero attached hydrogens (tertiary/aromatic N) is 1. The third-order valence-corrected chi connectivity index (χ3v) is 5.22. The van der Waals surface area contributed by atoms with Gasteiger partial charge in [0.2, 0.25) is 0 Å². The number of hydrogen-bond acceptors (Lipinski definition) is 4. The summed E-state index contributed by atoms with van der Waals surface area (Å²) in [6.07, 6.45) is 4.96. The summed E-state index contributed by atoms with van der Waals surface area (Å²) in [5, 5.41) is 11.5. The first-order chi connectivity index (χ1) is 14.1. The van der Waals surface area contributed by atoms with Crippen LogP contribution < -0.4 is 10.8 Å². The summed E-state index contributed by atoms with van der Waals surface area (Å²) >= 11 is 0. The molecule has 1 saturated heterocycles. The molecule has 2 amide bonds. The van der Waals surface area contributed by atoms with Gasteiger partial charge in [0.05, 0.1) is 0 Å². The molecule has 0 saturated carbocycles. The van der Waals surface area contributed by atoms with Crippen molar-refractivity contribution in [2.24, 2.45) is 5.92 Å². The lowest BCUT2D eigenvalue weighted by atomic mass is 9.96. The third kappa shape index (κ3) is 6.55. The lowest BCUT2D eigenvalue weighted by Gasteiger charge is -2.32. The van der Waals surface area contributed by atoms with E-state index in [0.29, 0.717) is 18.0 Å². The first-order valence-corrected chi connectivity index (χ1v) is 9.91. The standard InChI is InChI=1S/C23H27N3O3/c27-22(25-29)11-8-18-6-9-21(10-7-18)23(28)24-16-19-12-14-26(15-13-19)17-20-4-2-1-3-5-20/h1-11,19,29H,12-17H2,(H,24,28)(H,25,27). The lowest BCUT2D eigenvalue weighted by Crippen LogP contribution is -2.38. The summed E-state index contributed by atoms with van der Waals surface area (Å²) in [4.78, 5) is 25.8. The van der Waals surface area contributed by atoms with Gasteiger partial charge in [0.25, 0.3) is 11.8 Å². The van der Waals surface area contributed by atoms with E-state index in [0.717, 1.165) is 38.0 Å². The number of piperidine rings is 1. The van der Waals surface area contributed by atoms with Crippen LogP contribution in [0.25, 0.3) is 6.08 Å². The van der Waals surface area contributed by atoms with E-state index in [1.165, 1.54) is 17.1 Å². The molecule has 1 aliphatic rings. The molecule has 1 heterocycles. The van der Waals surface area contributed by atoms with Crippen molar-refractivity contribution >= 4 is 17.9 Å². The van der Waals surface area contributed by atoms with Gasteiger partial charge >= 0.3 is 0 Å². The number of rotatable bonds is 7. The summed E-state index contributed by atoms with van der Waals surface area (Å²) in [5.74, 6) is -0.174. The third-order valence-electron chi connectivity index (χ3n) is 5.22. The smallest absolute Gasteiger partial charge is 0.267 e. The zero-order valence-electron chi connectivity index (χ0n) is 16.4. The Kier molecular flexibility index (Phi) is 7.55. The predicted molar refractivity (Wildman–Crippen MR) is 112 cm³/mol. The maximum absolute atomic E-state index is 12.4. The van der Waals surface area contributed by atoms with E-state index in [1.54, 1.807) is 30.3 Å². The molecule has 0 bridgehead atoms. The van der Waals surface area contributed by atoms with Crippen LogP contribution in [0.3, 0.4) is 0 Å². The van der Waals surface area contributed by atoms with Crippen molar-refractivity contribution in [2.45, 2.75) is 19.4 Å². The van der Waals surface area contributed by atoms with Crippen LogP contribution >= 0.6 is 0 Å². The van der Waals surface area contributed by atoms with E-state index >= 15 is 0 Å². The van der Waals surface area contributed by atoms with Gasteiger partial charge in [-0.3, -0.25) is 19.7 Å². The number of hydrogen-bond donors (Lipinski definition) is 3. The van der Waals surface area contributed by atoms with Gasteiger partial charge in [0.15, 0.2) is 0 Å². The zero-order chi connectivity index (χ0) is 20.5. The van der Waals surface area contributed by atoms with E-state index < -0.39 is 5.91 Å². The number of hydroxylamine groups is 1. The topological polar surface area (TPSA) is 81.7 Å². The molecule has 0 atom stereocenters. The maximum Gasteiger partial charge on any atom is 0.267 e. The molecule has 0 unspecified atom stereocenters. The second-order valence-corrected chi connectivity index (χ2v) is 7.35. The van der Waals surface area contributed by atoms with Gasteiger partial charge in [-0.25, -0.2) is 5.48 Å². The van der Waals surface area contributed by atoms with Crippen LogP contribution in [0.15, 0.2) is 60.7 Å². The van der Waals surface area contributed by atoms with Gasteiger partial charge in [-0.15, -0.1) is 0 Å². The number of carbonyl (C=O) groups is 2. The molecular formula is C23H27N3O3. The average Bonchev–Trinajstić information content (AvgIpc) is 2.78. The molecule has 6 nitrogen and oxygen atoms in total. The number of amides is 2. The van der Waals surface area contributed by atoms with Crippen molar-refractivity contribution in [2.75, 3.05) is 19.6 Å². The quantitative estimate of drug-likeness (QED) is 0.384. The lowest BCUT2D eigenvalue weighted by molar-refractivity contribution is -0.124. The fourth-order valence-electron chi connectivity index (χ4n) is 3.48. The molecular weight excluding hydrogens is 366 g/mol. The Bertz CT molecular complexity index is 826. The monoisotopic (exact) mass is 393 g/mol. The van der Waals surface area contributed by atoms with E-state index in [2.05, 4.69) is 34.5 Å². The van der Waals surface area contributed by atoms with Crippen molar-refractivity contribution < 1.29 is 14.8 Å². The first-order valence-electron chi connectivity index (χ1n) is 9.91. The zero-order valence-corrected chi connectivity index (χ0v) is 16.4. The highest BCUT2D eigenvalue weighted by molar-refractivity contribution is 5.94. The Morgan fingerprint density at radius 3 is 2.38 bits per heavy atom. The molecule has 3 N–H and O–H groups in total. The van der Waals surface area contributed by atoms with Gasteiger partial charge in [-0.2, -0.15) is 0 Å². The molecule has 2 aromatic carbocycles. The fourth-order valence-corrected chi connectivity index (χ4v) is 3.48. The molecule has 0 aliphatic carbocycles. The molecule has 152 valence electrons. The maximum atomic E-state index is 12.4. The van der Waals surface area contributed by atoms with Crippen LogP contribution in [0.4, 0.5) is 0 Å². The second kappa shape index (κ2) is 10.5. The molecule has 0 radical (unpaired) electrons. The van der Waals surface area contributed by atoms with Crippen LogP contribution in [-0.2, 0) is 11.3 Å². The normalized spacial score (nSPS) is 15.3. The van der Waals surface area contributed by atoms with Crippen molar-refractivity contribution in [1.29, 1.82) is 0 Å². The minimum Gasteiger partial charge on any atom is -0.352 e. The molecule has 1 fully saturated rings. The van der Waals surface area contributed by atoms with Gasteiger partial charge in [0, 0.05) is 24.7 Å². The number of likely N-dealkylation sites (tertiary alicyclic amines) is 1. The molecule has 1 aliphatic heterocycles. The van der Waals surface area contributed by atoms with E-state index in [9.17, 15) is 9.59 Å². The first kappa shape index (κ1) is 20.8. The van der Waals surface area contributed by atoms with Crippen molar-refractivity contribution in [3.05, 3.63) is 77.4 Å². The Balaban J connectivity index is 1.41. The van der Waals surface area contributed by atoms with Crippen LogP contribution in [0.2, 0.25) is 0 Å². The number of benzene rings is 2. The average molecular weight is 393 g/mol. The van der Waals surface area contributed by atoms with E-state index in [1.807, 2.05) is 6.07 Å². The molecule has 0 aromatic heterocycles. The van der Waals surface area contributed by atoms with Crippen molar-refractivity contribution in [3.63, 3.8) is 0 Å². The van der Waals surface area contributed by atoms with Crippen LogP contribution in [0, 0.1) is 5.92 Å². The van der Waals surface area contributed by atoms with Gasteiger partial charge in [-0.1, -0.05) is 42.5 Å². The van der Waals surface area contributed by atoms with Gasteiger partial charge in [-0.05, 0) is 61.2 Å². The number of carbonyl (C=O) groups excluding carboxylic acids is 2. The summed E-state index contributed by atoms with van der Waals surface area (Å²) < 4.78 is 0. The Labute approximate surface area is 171 Å². The summed E-state index contributed by atoms with van der Waals surface area (Å²) in [5.41, 5.74) is 4.24. The van der Waals surface area contributed by atoms with E-state index in [-0.39, 0.29) is 5.91 Å². The molecule has 6 heteroatoms. The van der Waals surface area contributed by atoms with Crippen LogP contribution in [0.1, 0.15) is 34.3 Å². The Morgan fingerprint density at radius 2 is 1.72 bits per heavy atom. The molecule has 0 spiro atoms. The van der Waals surface area contributed by atoms with Gasteiger partial charge in [0.1, 0.15) is 0 Å². The highest BCUT2D eigenvalue weighted by atomic mass is 16.5. The Morgan fingerprint density at radius 1 is 1.03 bits per heavy atom. The van der Waals surface area contributed by atoms with Crippen molar-refractivity contribution in [3.8, 4) is 0 Å². The highest BCUT2D eigenvalue weighted by Gasteiger charge is 2.20. The SMILES string of the molecule is O=C(C=Cc1ccc(C(=O)NCC2CCN(Cc3ccccc3)CC2)cc1)NO. The van der Waals surface area contributed by atoms with Crippen LogP contribution in [-0.4, -0.2) is 41.6 Å². The molecule has 2 aromatic rings. The summed E-state index contributed by atoms with van der Waals surface area (Å²) in [6, 6.07) is 17.5. The molecule has 29 heavy (non-hydrogen) atoms. The summed E-state index contributed by atoms with van der Waals surface area (Å²) in [6.45, 7) is 3.78. The second-order valence-electron chi connectivity index (χ2n) is 7.35. The minimum atomic E-state index is -0.596. The van der Waals surface area contributed by atoms with E-state index in [4.69, 9.17) is 5.21 Å². The number of nitrogens with one attached hydrogen (secondary N) is 2. The van der Waals surface area contributed by atoms with Crippen LogP contribution in [0.5, 0.6) is 0 Å². The fraction of sp³-hybridized carbons (Fsp3) is 0.304. The molecule has 3 rings (SSSR count). The Hall–Kier alpha value is -2.96. The summed E-state index contributed by atoms with van der Waals surface area (Å²) in [7, 11) is 0. The highest BCUT2D eigenvalue weighted by Crippen LogP contribution is 2.18. The largest absolute Gasteiger partial charge is 0.352 e.